The summed E-state index contributed by atoms with van der Waals surface area (Å²) in [5.41, 5.74) is -1.07. The van der Waals surface area contributed by atoms with Crippen LogP contribution in [-0.4, -0.2) is 82.2 Å². The van der Waals surface area contributed by atoms with Gasteiger partial charge in [0.2, 0.25) is 0 Å². The van der Waals surface area contributed by atoms with Gasteiger partial charge in [-0.05, 0) is 78.8 Å². The van der Waals surface area contributed by atoms with Crippen LogP contribution in [-0.2, 0) is 35.6 Å². The van der Waals surface area contributed by atoms with Crippen LogP contribution in [0.15, 0.2) is 24.0 Å². The average Bonchev–Trinajstić information content (AvgIpc) is 3.19. The summed E-state index contributed by atoms with van der Waals surface area (Å²) in [7, 11) is 1.99. The number of phenolic OH excluding ortho intramolecular Hbond substituents is 1. The Morgan fingerprint density at radius 2 is 1.95 bits per heavy atom. The number of aromatic hydroxyl groups is 1. The first-order valence-corrected chi connectivity index (χ1v) is 13.2. The SMILES string of the molecule is C[C@H](NC(=O)[C@H](C)OC(=O)OC(C)(C)C)C(=O)OC1=CC[C@@]2(O)[C@H]3Cc4ccc(O)c5c4[C@@]2(CCN3C)[C@H]1O5. The van der Waals surface area contributed by atoms with Gasteiger partial charge < -0.3 is 39.4 Å². The van der Waals surface area contributed by atoms with E-state index in [4.69, 9.17) is 18.9 Å². The Kier molecular flexibility index (Phi) is 6.38. The fourth-order valence-corrected chi connectivity index (χ4v) is 6.50. The van der Waals surface area contributed by atoms with Crippen LogP contribution in [0.5, 0.6) is 11.5 Å². The zero-order valence-corrected chi connectivity index (χ0v) is 23.1. The molecule has 1 amide bonds. The number of rotatable bonds is 5. The molecule has 1 saturated heterocycles. The summed E-state index contributed by atoms with van der Waals surface area (Å²) in [6.45, 7) is 8.54. The lowest BCUT2D eigenvalue weighted by Gasteiger charge is -2.61. The predicted octanol–water partition coefficient (Wildman–Crippen LogP) is 2.06. The molecule has 2 bridgehead atoms. The molecule has 4 aliphatic rings. The summed E-state index contributed by atoms with van der Waals surface area (Å²) in [5, 5.41) is 25.3. The first-order chi connectivity index (χ1) is 18.2. The van der Waals surface area contributed by atoms with E-state index < -0.39 is 52.9 Å². The van der Waals surface area contributed by atoms with E-state index in [9.17, 15) is 24.6 Å². The number of esters is 1. The predicted molar refractivity (Wildman–Crippen MR) is 137 cm³/mol. The molecule has 0 saturated carbocycles. The van der Waals surface area contributed by atoms with Gasteiger partial charge in [0.05, 0.1) is 11.0 Å². The summed E-state index contributed by atoms with van der Waals surface area (Å²) in [4.78, 5) is 39.7. The number of likely N-dealkylation sites (tertiary alicyclic amines) is 1. The highest BCUT2D eigenvalue weighted by molar-refractivity contribution is 5.87. The van der Waals surface area contributed by atoms with Crippen molar-refractivity contribution in [3.63, 3.8) is 0 Å². The van der Waals surface area contributed by atoms with Crippen LogP contribution in [0.2, 0.25) is 0 Å². The topological polar surface area (TPSA) is 144 Å². The first kappa shape index (κ1) is 27.3. The van der Waals surface area contributed by atoms with Crippen molar-refractivity contribution >= 4 is 18.0 Å². The zero-order chi connectivity index (χ0) is 28.5. The van der Waals surface area contributed by atoms with Gasteiger partial charge in [-0.15, -0.1) is 0 Å². The van der Waals surface area contributed by atoms with Crippen molar-refractivity contribution < 1.29 is 43.5 Å². The monoisotopic (exact) mass is 544 g/mol. The van der Waals surface area contributed by atoms with Gasteiger partial charge in [0.1, 0.15) is 17.4 Å². The Balaban J connectivity index is 1.33. The minimum atomic E-state index is -1.20. The van der Waals surface area contributed by atoms with Crippen LogP contribution < -0.4 is 10.1 Å². The van der Waals surface area contributed by atoms with Gasteiger partial charge in [-0.3, -0.25) is 4.79 Å². The van der Waals surface area contributed by atoms with Gasteiger partial charge in [0.15, 0.2) is 23.7 Å². The van der Waals surface area contributed by atoms with E-state index in [0.29, 0.717) is 25.1 Å². The molecule has 1 spiro atoms. The molecule has 1 fully saturated rings. The summed E-state index contributed by atoms with van der Waals surface area (Å²) < 4.78 is 22.1. The molecule has 11 nitrogen and oxygen atoms in total. The van der Waals surface area contributed by atoms with Crippen molar-refractivity contribution in [2.45, 2.75) is 94.8 Å². The maximum atomic E-state index is 13.1. The highest BCUT2D eigenvalue weighted by atomic mass is 16.7. The number of amides is 1. The summed E-state index contributed by atoms with van der Waals surface area (Å²) in [5.74, 6) is -0.916. The second-order valence-electron chi connectivity index (χ2n) is 12.0. The van der Waals surface area contributed by atoms with Crippen LogP contribution in [0.3, 0.4) is 0 Å². The van der Waals surface area contributed by atoms with Crippen molar-refractivity contribution in [1.82, 2.24) is 10.2 Å². The number of piperidine rings is 1. The molecule has 2 aliphatic heterocycles. The molecule has 0 unspecified atom stereocenters. The Bertz CT molecular complexity index is 1250. The lowest BCUT2D eigenvalue weighted by Crippen LogP contribution is -2.74. The van der Waals surface area contributed by atoms with Gasteiger partial charge in [-0.1, -0.05) is 6.07 Å². The first-order valence-electron chi connectivity index (χ1n) is 13.2. The number of ether oxygens (including phenoxy) is 4. The number of aliphatic hydroxyl groups is 1. The third-order valence-corrected chi connectivity index (χ3v) is 8.32. The maximum Gasteiger partial charge on any atom is 0.509 e. The number of nitrogens with one attached hydrogen (secondary N) is 1. The fourth-order valence-electron chi connectivity index (χ4n) is 6.50. The van der Waals surface area contributed by atoms with Gasteiger partial charge in [-0.2, -0.15) is 0 Å². The van der Waals surface area contributed by atoms with Crippen LogP contribution in [0.4, 0.5) is 4.79 Å². The molecule has 0 aromatic heterocycles. The summed E-state index contributed by atoms with van der Waals surface area (Å²) >= 11 is 0. The minimum Gasteiger partial charge on any atom is -0.504 e. The van der Waals surface area contributed by atoms with Crippen molar-refractivity contribution in [3.8, 4) is 11.5 Å². The maximum absolute atomic E-state index is 13.1. The standard InChI is InChI=1S/C28H36N2O9/c1-14(29-23(32)15(2)36-25(34)39-26(3,4)5)24(33)37-18-9-10-28(35)19-13-16-7-8-17(31)21-20(16)27(28,22(18)38-21)11-12-30(19)6/h7-9,14-15,19,22,31,35H,10-13H2,1-6H3,(H,29,32)/t14-,15-,19+,22-,27-,28+/m0/s1. The molecule has 1 aromatic rings. The van der Waals surface area contributed by atoms with Crippen molar-refractivity contribution in [2.24, 2.45) is 0 Å². The van der Waals surface area contributed by atoms with E-state index in [2.05, 4.69) is 10.2 Å². The molecule has 2 aliphatic carbocycles. The Hall–Kier alpha value is -3.31. The van der Waals surface area contributed by atoms with Gasteiger partial charge in [0.25, 0.3) is 5.91 Å². The van der Waals surface area contributed by atoms with Crippen molar-refractivity contribution in [2.75, 3.05) is 13.6 Å². The second kappa shape index (κ2) is 9.12. The number of likely N-dealkylation sites (N-methyl/N-ethyl adjacent to an activating group) is 1. The summed E-state index contributed by atoms with van der Waals surface area (Å²) in [6.07, 6.45) is 0.0452. The molecule has 39 heavy (non-hydrogen) atoms. The quantitative estimate of drug-likeness (QED) is 0.471. The van der Waals surface area contributed by atoms with Crippen LogP contribution in [0, 0.1) is 0 Å². The molecule has 5 rings (SSSR count). The number of hydrogen-bond donors (Lipinski definition) is 3. The third-order valence-electron chi connectivity index (χ3n) is 8.32. The lowest BCUT2D eigenvalue weighted by atomic mass is 9.50. The molecule has 2 heterocycles. The molecule has 212 valence electrons. The Morgan fingerprint density at radius 1 is 1.23 bits per heavy atom. The summed E-state index contributed by atoms with van der Waals surface area (Å²) in [6, 6.07) is 2.22. The molecule has 1 aromatic carbocycles. The number of nitrogens with zero attached hydrogens (tertiary/aromatic N) is 1. The number of carbonyl (C=O) groups excluding carboxylic acids is 3. The smallest absolute Gasteiger partial charge is 0.504 e. The minimum absolute atomic E-state index is 0.0254. The number of phenols is 1. The number of hydrogen-bond acceptors (Lipinski definition) is 10. The van der Waals surface area contributed by atoms with Crippen molar-refractivity contribution in [1.29, 1.82) is 0 Å². The van der Waals surface area contributed by atoms with Crippen LogP contribution in [0.1, 0.15) is 58.6 Å². The van der Waals surface area contributed by atoms with E-state index in [-0.39, 0.29) is 24.0 Å². The largest absolute Gasteiger partial charge is 0.509 e. The Labute approximate surface area is 227 Å². The molecule has 6 atom stereocenters. The Morgan fingerprint density at radius 3 is 2.64 bits per heavy atom. The van der Waals surface area contributed by atoms with E-state index in [1.807, 2.05) is 13.1 Å². The van der Waals surface area contributed by atoms with Crippen LogP contribution in [0.25, 0.3) is 0 Å². The van der Waals surface area contributed by atoms with Crippen molar-refractivity contribution in [3.05, 3.63) is 35.1 Å². The van der Waals surface area contributed by atoms with Gasteiger partial charge in [-0.25, -0.2) is 9.59 Å². The van der Waals surface area contributed by atoms with Crippen LogP contribution >= 0.6 is 0 Å². The van der Waals surface area contributed by atoms with E-state index in [1.165, 1.54) is 13.8 Å². The second-order valence-corrected chi connectivity index (χ2v) is 12.0. The lowest BCUT2D eigenvalue weighted by molar-refractivity contribution is -0.170. The molecular weight excluding hydrogens is 508 g/mol. The van der Waals surface area contributed by atoms with Gasteiger partial charge in [0, 0.05) is 18.0 Å². The highest BCUT2D eigenvalue weighted by Gasteiger charge is 2.72. The molecule has 11 heteroatoms. The number of benzene rings is 1. The third kappa shape index (κ3) is 4.22. The normalized spacial score (nSPS) is 30.2. The molecular formula is C28H36N2O9. The number of carbonyl (C=O) groups is 3. The van der Waals surface area contributed by atoms with E-state index in [0.717, 1.165) is 11.1 Å². The molecule has 3 N–H and O–H groups in total. The molecule has 0 radical (unpaired) electrons. The zero-order valence-electron chi connectivity index (χ0n) is 23.1. The highest BCUT2D eigenvalue weighted by Crippen LogP contribution is 2.65. The van der Waals surface area contributed by atoms with Gasteiger partial charge >= 0.3 is 12.1 Å². The van der Waals surface area contributed by atoms with E-state index >= 15 is 0 Å². The van der Waals surface area contributed by atoms with E-state index in [1.54, 1.807) is 32.9 Å². The fraction of sp³-hybridized carbons (Fsp3) is 0.607. The average molecular weight is 545 g/mol.